The number of rotatable bonds is 10. The van der Waals surface area contributed by atoms with Gasteiger partial charge in [0.05, 0.1) is 19.8 Å². The minimum absolute atomic E-state index is 0.206. The molecule has 0 saturated carbocycles. The van der Waals surface area contributed by atoms with Crippen LogP contribution in [0, 0.1) is 5.41 Å². The molecule has 0 aliphatic carbocycles. The molecule has 0 aliphatic rings. The smallest absolute Gasteiger partial charge is 0.0531 e. The van der Waals surface area contributed by atoms with Gasteiger partial charge in [-0.2, -0.15) is 0 Å². The number of aliphatic hydroxyl groups is 3. The van der Waals surface area contributed by atoms with Gasteiger partial charge in [-0.1, -0.05) is 62.7 Å². The van der Waals surface area contributed by atoms with E-state index in [1.54, 1.807) is 0 Å². The monoisotopic (exact) mass is 356 g/mol. The summed E-state index contributed by atoms with van der Waals surface area (Å²) in [6.45, 7) is 3.74. The fourth-order valence-corrected chi connectivity index (χ4v) is 3.31. The second kappa shape index (κ2) is 9.86. The standard InChI is InChI=1S/C23H32O3/c1-3-5-18-6-9-21(10-7-18)22-11-8-19(14-20(22)4-2)12-13-23(15-24,16-25)17-26/h6-11,14,24-26H,3-5,12-13,15-17H2,1-2H3. The van der Waals surface area contributed by atoms with Gasteiger partial charge in [-0.3, -0.25) is 0 Å². The first-order chi connectivity index (χ1) is 12.6. The fourth-order valence-electron chi connectivity index (χ4n) is 3.31. The van der Waals surface area contributed by atoms with E-state index in [9.17, 15) is 15.3 Å². The highest BCUT2D eigenvalue weighted by Crippen LogP contribution is 2.28. The largest absolute Gasteiger partial charge is 0.396 e. The van der Waals surface area contributed by atoms with Crippen LogP contribution in [0.3, 0.4) is 0 Å². The van der Waals surface area contributed by atoms with Gasteiger partial charge >= 0.3 is 0 Å². The molecule has 0 unspecified atom stereocenters. The van der Waals surface area contributed by atoms with E-state index in [1.165, 1.54) is 27.8 Å². The minimum Gasteiger partial charge on any atom is -0.396 e. The molecule has 0 aromatic heterocycles. The molecular weight excluding hydrogens is 324 g/mol. The highest BCUT2D eigenvalue weighted by molar-refractivity contribution is 5.68. The Balaban J connectivity index is 2.19. The summed E-state index contributed by atoms with van der Waals surface area (Å²) in [6, 6.07) is 15.3. The molecule has 0 bridgehead atoms. The van der Waals surface area contributed by atoms with E-state index in [0.29, 0.717) is 6.42 Å². The molecule has 0 saturated heterocycles. The lowest BCUT2D eigenvalue weighted by atomic mass is 9.84. The first-order valence-corrected chi connectivity index (χ1v) is 9.65. The van der Waals surface area contributed by atoms with Crippen molar-refractivity contribution in [1.82, 2.24) is 0 Å². The lowest BCUT2D eigenvalue weighted by Gasteiger charge is -2.27. The predicted octanol–water partition coefficient (Wildman–Crippen LogP) is 3.76. The van der Waals surface area contributed by atoms with Crippen LogP contribution >= 0.6 is 0 Å². The Kier molecular flexibility index (Phi) is 7.83. The van der Waals surface area contributed by atoms with E-state index >= 15 is 0 Å². The van der Waals surface area contributed by atoms with Crippen LogP contribution in [0.1, 0.15) is 43.4 Å². The third-order valence-corrected chi connectivity index (χ3v) is 5.30. The Morgan fingerprint density at radius 1 is 0.769 bits per heavy atom. The Morgan fingerprint density at radius 2 is 1.38 bits per heavy atom. The number of hydrogen-bond donors (Lipinski definition) is 3. The Labute approximate surface area is 157 Å². The molecule has 0 amide bonds. The van der Waals surface area contributed by atoms with Crippen LogP contribution in [-0.4, -0.2) is 35.1 Å². The molecule has 2 aromatic rings. The molecular formula is C23H32O3. The zero-order valence-corrected chi connectivity index (χ0v) is 16.0. The van der Waals surface area contributed by atoms with Gasteiger partial charge in [-0.25, -0.2) is 0 Å². The van der Waals surface area contributed by atoms with Crippen molar-refractivity contribution in [3.05, 3.63) is 59.2 Å². The van der Waals surface area contributed by atoms with Crippen molar-refractivity contribution >= 4 is 0 Å². The molecule has 26 heavy (non-hydrogen) atoms. The van der Waals surface area contributed by atoms with Crippen molar-refractivity contribution in [2.45, 2.75) is 46.0 Å². The Bertz CT molecular complexity index is 664. The zero-order valence-electron chi connectivity index (χ0n) is 16.0. The van der Waals surface area contributed by atoms with E-state index < -0.39 is 5.41 Å². The third kappa shape index (κ3) is 4.94. The predicted molar refractivity (Wildman–Crippen MR) is 107 cm³/mol. The van der Waals surface area contributed by atoms with Crippen molar-refractivity contribution < 1.29 is 15.3 Å². The van der Waals surface area contributed by atoms with Gasteiger partial charge in [0.2, 0.25) is 0 Å². The summed E-state index contributed by atoms with van der Waals surface area (Å²) in [5, 5.41) is 28.5. The second-order valence-corrected chi connectivity index (χ2v) is 7.27. The summed E-state index contributed by atoms with van der Waals surface area (Å²) < 4.78 is 0. The number of benzene rings is 2. The fraction of sp³-hybridized carbons (Fsp3) is 0.478. The van der Waals surface area contributed by atoms with E-state index in [-0.39, 0.29) is 19.8 Å². The lowest BCUT2D eigenvalue weighted by molar-refractivity contribution is -0.000267. The topological polar surface area (TPSA) is 60.7 Å². The van der Waals surface area contributed by atoms with Gasteiger partial charge in [0.1, 0.15) is 0 Å². The first kappa shape index (κ1) is 20.6. The highest BCUT2D eigenvalue weighted by Gasteiger charge is 2.27. The van der Waals surface area contributed by atoms with Crippen molar-refractivity contribution in [3.63, 3.8) is 0 Å². The molecule has 2 rings (SSSR count). The molecule has 0 spiro atoms. The van der Waals surface area contributed by atoms with Crippen LogP contribution in [-0.2, 0) is 19.3 Å². The number of hydrogen-bond acceptors (Lipinski definition) is 3. The Hall–Kier alpha value is -1.68. The highest BCUT2D eigenvalue weighted by atomic mass is 16.3. The van der Waals surface area contributed by atoms with Crippen molar-refractivity contribution in [2.75, 3.05) is 19.8 Å². The molecule has 0 aliphatic heterocycles. The minimum atomic E-state index is -0.805. The zero-order chi connectivity index (χ0) is 19.0. The lowest BCUT2D eigenvalue weighted by Crippen LogP contribution is -2.34. The van der Waals surface area contributed by atoms with Crippen LogP contribution in [0.5, 0.6) is 0 Å². The summed E-state index contributed by atoms with van der Waals surface area (Å²) in [5.41, 5.74) is 5.54. The van der Waals surface area contributed by atoms with Gasteiger partial charge in [-0.05, 0) is 53.5 Å². The molecule has 3 heteroatoms. The van der Waals surface area contributed by atoms with Gasteiger partial charge in [0.25, 0.3) is 0 Å². The molecule has 0 radical (unpaired) electrons. The van der Waals surface area contributed by atoms with Crippen LogP contribution in [0.15, 0.2) is 42.5 Å². The van der Waals surface area contributed by atoms with Crippen LogP contribution < -0.4 is 0 Å². The maximum absolute atomic E-state index is 9.49. The summed E-state index contributed by atoms with van der Waals surface area (Å²) in [5.74, 6) is 0. The van der Waals surface area contributed by atoms with Gasteiger partial charge < -0.3 is 15.3 Å². The molecule has 142 valence electrons. The molecule has 2 aromatic carbocycles. The van der Waals surface area contributed by atoms with Gasteiger partial charge in [0, 0.05) is 5.41 Å². The third-order valence-electron chi connectivity index (χ3n) is 5.30. The van der Waals surface area contributed by atoms with E-state index in [4.69, 9.17) is 0 Å². The summed E-state index contributed by atoms with van der Waals surface area (Å²) in [6.07, 6.45) is 4.51. The summed E-state index contributed by atoms with van der Waals surface area (Å²) >= 11 is 0. The van der Waals surface area contributed by atoms with Gasteiger partial charge in [-0.15, -0.1) is 0 Å². The maximum atomic E-state index is 9.49. The van der Waals surface area contributed by atoms with Crippen LogP contribution in [0.4, 0.5) is 0 Å². The van der Waals surface area contributed by atoms with Crippen molar-refractivity contribution in [3.8, 4) is 11.1 Å². The van der Waals surface area contributed by atoms with Crippen LogP contribution in [0.25, 0.3) is 11.1 Å². The van der Waals surface area contributed by atoms with Gasteiger partial charge in [0.15, 0.2) is 0 Å². The van der Waals surface area contributed by atoms with E-state index in [2.05, 4.69) is 56.3 Å². The molecule has 3 nitrogen and oxygen atoms in total. The molecule has 3 N–H and O–H groups in total. The average Bonchev–Trinajstić information content (AvgIpc) is 2.70. The van der Waals surface area contributed by atoms with Crippen molar-refractivity contribution in [1.29, 1.82) is 0 Å². The number of aliphatic hydroxyl groups excluding tert-OH is 3. The molecule has 0 fully saturated rings. The molecule has 0 atom stereocenters. The Morgan fingerprint density at radius 3 is 1.92 bits per heavy atom. The SMILES string of the molecule is CCCc1ccc(-c2ccc(CCC(CO)(CO)CO)cc2CC)cc1. The van der Waals surface area contributed by atoms with Crippen molar-refractivity contribution in [2.24, 2.45) is 5.41 Å². The average molecular weight is 357 g/mol. The first-order valence-electron chi connectivity index (χ1n) is 9.65. The summed E-state index contributed by atoms with van der Waals surface area (Å²) in [7, 11) is 0. The summed E-state index contributed by atoms with van der Waals surface area (Å²) in [4.78, 5) is 0. The second-order valence-electron chi connectivity index (χ2n) is 7.27. The molecule has 0 heterocycles. The van der Waals surface area contributed by atoms with E-state index in [0.717, 1.165) is 25.7 Å². The van der Waals surface area contributed by atoms with E-state index in [1.807, 2.05) is 0 Å². The normalized spacial score (nSPS) is 11.7. The van der Waals surface area contributed by atoms with Crippen LogP contribution in [0.2, 0.25) is 0 Å². The quantitative estimate of drug-likeness (QED) is 0.607. The maximum Gasteiger partial charge on any atom is 0.0531 e. The number of aryl methyl sites for hydroxylation is 3.